The molecule has 0 fully saturated rings. The number of nitrogens with zero attached hydrogens (tertiary/aromatic N) is 1. The summed E-state index contributed by atoms with van der Waals surface area (Å²) >= 11 is 0. The van der Waals surface area contributed by atoms with Gasteiger partial charge in [0.2, 0.25) is 0 Å². The van der Waals surface area contributed by atoms with Crippen LogP contribution in [0.1, 0.15) is 31.7 Å². The Labute approximate surface area is 117 Å². The molecule has 0 N–H and O–H groups in total. The Hall–Kier alpha value is -1.15. The van der Waals surface area contributed by atoms with Gasteiger partial charge in [0.15, 0.2) is 22.5 Å². The first kappa shape index (κ1) is 18.9. The van der Waals surface area contributed by atoms with Crippen LogP contribution in [0.5, 0.6) is 0 Å². The van der Waals surface area contributed by atoms with Gasteiger partial charge < -0.3 is 4.55 Å². The van der Waals surface area contributed by atoms with Crippen LogP contribution in [-0.2, 0) is 16.7 Å². The minimum absolute atomic E-state index is 1.16. The van der Waals surface area contributed by atoms with Crippen LogP contribution in [0.3, 0.4) is 0 Å². The van der Waals surface area contributed by atoms with Gasteiger partial charge in [0, 0.05) is 18.6 Å². The summed E-state index contributed by atoms with van der Waals surface area (Å²) in [4.78, 5) is 0. The molecule has 1 aromatic rings. The van der Waals surface area contributed by atoms with Crippen LogP contribution < -0.4 is 4.57 Å². The van der Waals surface area contributed by atoms with Gasteiger partial charge in [0.1, 0.15) is 6.54 Å². The van der Waals surface area contributed by atoms with Gasteiger partial charge in [-0.2, -0.15) is 13.2 Å². The minimum Gasteiger partial charge on any atom is -0.741 e. The molecule has 0 bridgehead atoms. The fourth-order valence-corrected chi connectivity index (χ4v) is 1.23. The van der Waals surface area contributed by atoms with E-state index in [1.54, 1.807) is 0 Å². The lowest BCUT2D eigenvalue weighted by molar-refractivity contribution is -0.697. The van der Waals surface area contributed by atoms with E-state index in [1.165, 1.54) is 24.8 Å². The molecular formula is C12H18F3NO3S. The first-order chi connectivity index (χ1) is 9.08. The van der Waals surface area contributed by atoms with Crippen molar-refractivity contribution in [2.24, 2.45) is 0 Å². The number of aromatic nitrogens is 1. The molecule has 0 atom stereocenters. The summed E-state index contributed by atoms with van der Waals surface area (Å²) in [6.45, 7) is 5.52. The van der Waals surface area contributed by atoms with Gasteiger partial charge in [-0.15, -0.1) is 0 Å². The van der Waals surface area contributed by atoms with E-state index in [1.807, 2.05) is 0 Å². The predicted octanol–water partition coefficient (Wildman–Crippen LogP) is 2.52. The molecule has 0 aliphatic rings. The van der Waals surface area contributed by atoms with Crippen molar-refractivity contribution in [1.82, 2.24) is 0 Å². The van der Waals surface area contributed by atoms with Crippen LogP contribution in [0.2, 0.25) is 0 Å². The lowest BCUT2D eigenvalue weighted by Gasteiger charge is -2.08. The van der Waals surface area contributed by atoms with E-state index in [2.05, 4.69) is 42.9 Å². The number of hydrogen-bond acceptors (Lipinski definition) is 3. The lowest BCUT2D eigenvalue weighted by Crippen LogP contribution is -2.32. The van der Waals surface area contributed by atoms with Crippen molar-refractivity contribution < 1.29 is 30.7 Å². The largest absolute Gasteiger partial charge is 0.741 e. The zero-order valence-electron chi connectivity index (χ0n) is 11.4. The number of aryl methyl sites for hydroxylation is 2. The average Bonchev–Trinajstić information content (AvgIpc) is 2.30. The molecule has 0 radical (unpaired) electrons. The second-order valence-electron chi connectivity index (χ2n) is 4.22. The standard InChI is InChI=1S/C11H18N.CHF3O3S/c1-3-4-5-8-12-9-6-11(2)7-10-12;2-1(3,4)8(5,6)7/h6-7,9-10H,3-5,8H2,1-2H3;(H,5,6,7)/q+1;/p-1. The van der Waals surface area contributed by atoms with Crippen molar-refractivity contribution in [2.75, 3.05) is 0 Å². The molecule has 1 heterocycles. The molecule has 0 amide bonds. The van der Waals surface area contributed by atoms with Gasteiger partial charge in [-0.1, -0.05) is 13.3 Å². The average molecular weight is 313 g/mol. The third-order valence-electron chi connectivity index (χ3n) is 2.36. The maximum absolute atomic E-state index is 10.7. The van der Waals surface area contributed by atoms with Gasteiger partial charge in [-0.3, -0.25) is 0 Å². The first-order valence-corrected chi connectivity index (χ1v) is 7.46. The zero-order chi connectivity index (χ0) is 15.8. The molecule has 0 unspecified atom stereocenters. The predicted molar refractivity (Wildman–Crippen MR) is 66.7 cm³/mol. The Kier molecular flexibility index (Phi) is 7.74. The Balaban J connectivity index is 0.000000396. The van der Waals surface area contributed by atoms with E-state index >= 15 is 0 Å². The van der Waals surface area contributed by atoms with Crippen LogP contribution >= 0.6 is 0 Å². The van der Waals surface area contributed by atoms with Crippen molar-refractivity contribution in [3.63, 3.8) is 0 Å². The summed E-state index contributed by atoms with van der Waals surface area (Å²) in [7, 11) is -6.09. The molecule has 116 valence electrons. The fraction of sp³-hybridized carbons (Fsp3) is 0.583. The van der Waals surface area contributed by atoms with E-state index in [-0.39, 0.29) is 0 Å². The Bertz CT molecular complexity index is 484. The maximum atomic E-state index is 10.7. The summed E-state index contributed by atoms with van der Waals surface area (Å²) in [6, 6.07) is 4.32. The molecule has 1 rings (SSSR count). The number of hydrogen-bond donors (Lipinski definition) is 0. The van der Waals surface area contributed by atoms with Crippen molar-refractivity contribution in [3.8, 4) is 0 Å². The van der Waals surface area contributed by atoms with Crippen LogP contribution in [0, 0.1) is 6.92 Å². The summed E-state index contributed by atoms with van der Waals surface area (Å²) in [5.41, 5.74) is -4.31. The highest BCUT2D eigenvalue weighted by Crippen LogP contribution is 2.20. The van der Waals surface area contributed by atoms with Gasteiger partial charge in [-0.25, -0.2) is 13.0 Å². The number of halogens is 3. The Morgan fingerprint density at radius 1 is 1.20 bits per heavy atom. The monoisotopic (exact) mass is 313 g/mol. The third-order valence-corrected chi connectivity index (χ3v) is 2.93. The van der Waals surface area contributed by atoms with Crippen LogP contribution in [0.4, 0.5) is 13.2 Å². The van der Waals surface area contributed by atoms with E-state index in [9.17, 15) is 13.2 Å². The fourth-order valence-electron chi connectivity index (χ4n) is 1.23. The van der Waals surface area contributed by atoms with Crippen LogP contribution in [0.15, 0.2) is 24.5 Å². The normalized spacial score (nSPS) is 11.7. The number of unbranched alkanes of at least 4 members (excludes halogenated alkanes) is 2. The van der Waals surface area contributed by atoms with Crippen LogP contribution in [-0.4, -0.2) is 18.5 Å². The van der Waals surface area contributed by atoms with Gasteiger partial charge in [0.05, 0.1) is 0 Å². The molecule has 1 aromatic heterocycles. The molecule has 0 aliphatic heterocycles. The summed E-state index contributed by atoms with van der Waals surface area (Å²) in [6.07, 6.45) is 8.24. The van der Waals surface area contributed by atoms with Crippen LogP contribution in [0.25, 0.3) is 0 Å². The minimum atomic E-state index is -6.09. The van der Waals surface area contributed by atoms with E-state index in [0.717, 1.165) is 6.54 Å². The molecule has 8 heteroatoms. The molecule has 0 aliphatic carbocycles. The number of pyridine rings is 1. The van der Waals surface area contributed by atoms with E-state index in [4.69, 9.17) is 13.0 Å². The molecule has 4 nitrogen and oxygen atoms in total. The smallest absolute Gasteiger partial charge is 0.485 e. The summed E-state index contributed by atoms with van der Waals surface area (Å²) < 4.78 is 61.2. The van der Waals surface area contributed by atoms with E-state index in [0.29, 0.717) is 0 Å². The van der Waals surface area contributed by atoms with Crippen molar-refractivity contribution in [3.05, 3.63) is 30.1 Å². The van der Waals surface area contributed by atoms with E-state index < -0.39 is 15.6 Å². The summed E-state index contributed by atoms with van der Waals surface area (Å²) in [5, 5.41) is 0. The second kappa shape index (κ2) is 8.21. The molecular weight excluding hydrogens is 295 g/mol. The topological polar surface area (TPSA) is 61.1 Å². The highest BCUT2D eigenvalue weighted by atomic mass is 32.2. The van der Waals surface area contributed by atoms with Crippen molar-refractivity contribution in [1.29, 1.82) is 0 Å². The third kappa shape index (κ3) is 8.11. The Morgan fingerprint density at radius 3 is 2.00 bits per heavy atom. The highest BCUT2D eigenvalue weighted by molar-refractivity contribution is 7.86. The van der Waals surface area contributed by atoms with Gasteiger partial charge in [-0.05, 0) is 18.9 Å². The molecule has 20 heavy (non-hydrogen) atoms. The van der Waals surface area contributed by atoms with Gasteiger partial charge >= 0.3 is 5.51 Å². The Morgan fingerprint density at radius 2 is 1.65 bits per heavy atom. The first-order valence-electron chi connectivity index (χ1n) is 6.05. The SMILES string of the molecule is CCCCC[n+]1ccc(C)cc1.O=S(=O)([O-])C(F)(F)F. The van der Waals surface area contributed by atoms with Crippen molar-refractivity contribution >= 4 is 10.1 Å². The molecule has 0 spiro atoms. The highest BCUT2D eigenvalue weighted by Gasteiger charge is 2.36. The maximum Gasteiger partial charge on any atom is 0.485 e. The molecule has 0 saturated carbocycles. The zero-order valence-corrected chi connectivity index (χ0v) is 12.2. The molecule has 0 saturated heterocycles. The number of rotatable bonds is 4. The van der Waals surface area contributed by atoms with Crippen molar-refractivity contribution in [2.45, 2.75) is 45.2 Å². The van der Waals surface area contributed by atoms with Gasteiger partial charge in [0.25, 0.3) is 0 Å². The second-order valence-corrected chi connectivity index (χ2v) is 5.59. The summed E-state index contributed by atoms with van der Waals surface area (Å²) in [5.74, 6) is 0. The quantitative estimate of drug-likeness (QED) is 0.371. The molecule has 0 aromatic carbocycles. The number of alkyl halides is 3. The lowest BCUT2D eigenvalue weighted by atomic mass is 10.2.